The van der Waals surface area contributed by atoms with Crippen molar-refractivity contribution in [1.82, 2.24) is 0 Å². The summed E-state index contributed by atoms with van der Waals surface area (Å²) in [6, 6.07) is 0. The Labute approximate surface area is 221 Å². The van der Waals surface area contributed by atoms with Crippen molar-refractivity contribution in [3.05, 3.63) is 75.9 Å². The van der Waals surface area contributed by atoms with Gasteiger partial charge in [0.1, 0.15) is 0 Å². The number of esters is 6. The van der Waals surface area contributed by atoms with Gasteiger partial charge in [-0.05, 0) is 0 Å². The zero-order chi connectivity index (χ0) is 30.4. The van der Waals surface area contributed by atoms with Gasteiger partial charge < -0.3 is 43.7 Å². The van der Waals surface area contributed by atoms with E-state index in [0.717, 1.165) is 0 Å². The van der Waals surface area contributed by atoms with Crippen molar-refractivity contribution in [3.63, 3.8) is 0 Å². The summed E-state index contributed by atoms with van der Waals surface area (Å²) in [5.41, 5.74) is -3.35. The van der Waals surface area contributed by atoms with E-state index in [0.29, 0.717) is 36.5 Å². The average Bonchev–Trinajstić information content (AvgIpc) is 2.92. The highest BCUT2D eigenvalue weighted by Gasteiger charge is 2.81. The molecule has 1 atom stereocenters. The van der Waals surface area contributed by atoms with Gasteiger partial charge in [0.2, 0.25) is 6.29 Å². The van der Waals surface area contributed by atoms with Crippen molar-refractivity contribution >= 4 is 35.8 Å². The van der Waals surface area contributed by atoms with E-state index in [-0.39, 0.29) is 0 Å². The molecule has 0 aliphatic rings. The van der Waals surface area contributed by atoms with Crippen LogP contribution in [0.15, 0.2) is 75.9 Å². The van der Waals surface area contributed by atoms with Crippen molar-refractivity contribution in [2.75, 3.05) is 13.2 Å². The Morgan fingerprint density at radius 2 is 0.846 bits per heavy atom. The Kier molecular flexibility index (Phi) is 12.9. The molecule has 0 aromatic rings. The molecule has 15 heteroatoms. The van der Waals surface area contributed by atoms with E-state index in [2.05, 4.69) is 44.2 Å². The van der Waals surface area contributed by atoms with E-state index in [1.165, 1.54) is 0 Å². The number of carbonyl (C=O) groups excluding carboxylic acids is 6. The molecule has 0 fully saturated rings. The normalized spacial score (nSPS) is 11.8. The van der Waals surface area contributed by atoms with Gasteiger partial charge in [0.25, 0.3) is 0 Å². The van der Waals surface area contributed by atoms with Crippen molar-refractivity contribution in [1.29, 1.82) is 0 Å². The maximum Gasteiger partial charge on any atom is 0.508 e. The van der Waals surface area contributed by atoms with Crippen LogP contribution in [0.2, 0.25) is 0 Å². The number of ether oxygens (including phenoxy) is 6. The van der Waals surface area contributed by atoms with Crippen molar-refractivity contribution in [2.45, 2.75) is 18.1 Å². The highest BCUT2D eigenvalue weighted by molar-refractivity contribution is 5.87. The van der Waals surface area contributed by atoms with E-state index >= 15 is 0 Å². The Bertz CT molecular complexity index is 973. The first-order chi connectivity index (χ1) is 18.3. The lowest BCUT2D eigenvalue weighted by atomic mass is 9.77. The van der Waals surface area contributed by atoms with Crippen LogP contribution in [0.4, 0.5) is 0 Å². The predicted molar refractivity (Wildman–Crippen MR) is 126 cm³/mol. The first-order valence-electron chi connectivity index (χ1n) is 10.3. The molecule has 0 amide bonds. The van der Waals surface area contributed by atoms with Crippen molar-refractivity contribution in [3.8, 4) is 0 Å². The molecule has 3 N–H and O–H groups in total. The number of carbonyl (C=O) groups is 6. The molecule has 0 rings (SSSR count). The highest BCUT2D eigenvalue weighted by atomic mass is 16.9. The second kappa shape index (κ2) is 14.8. The van der Waals surface area contributed by atoms with Crippen LogP contribution in [0.5, 0.6) is 0 Å². The molecule has 0 saturated heterocycles. The van der Waals surface area contributed by atoms with Gasteiger partial charge in [-0.1, -0.05) is 39.5 Å². The first-order valence-corrected chi connectivity index (χ1v) is 10.3. The van der Waals surface area contributed by atoms with Gasteiger partial charge >= 0.3 is 47.6 Å². The Morgan fingerprint density at radius 1 is 0.564 bits per heavy atom. The van der Waals surface area contributed by atoms with Crippen molar-refractivity contribution < 1.29 is 72.5 Å². The molecule has 0 radical (unpaired) electrons. The molecule has 0 spiro atoms. The smallest absolute Gasteiger partial charge is 0.432 e. The van der Waals surface area contributed by atoms with Crippen LogP contribution >= 0.6 is 0 Å². The fourth-order valence-electron chi connectivity index (χ4n) is 2.65. The number of hydrogen-bond acceptors (Lipinski definition) is 15. The minimum atomic E-state index is -4.04. The fraction of sp³-hybridized carbons (Fsp3) is 0.250. The Balaban J connectivity index is 8.43. The molecule has 0 aromatic carbocycles. The van der Waals surface area contributed by atoms with Gasteiger partial charge in [0.05, 0.1) is 13.2 Å². The van der Waals surface area contributed by atoms with E-state index in [1.807, 2.05) is 0 Å². The first kappa shape index (κ1) is 34.1. The highest BCUT2D eigenvalue weighted by Crippen LogP contribution is 2.50. The molecule has 0 bridgehead atoms. The summed E-state index contributed by atoms with van der Waals surface area (Å²) in [6.45, 7) is 15.1. The zero-order valence-corrected chi connectivity index (χ0v) is 20.4. The van der Waals surface area contributed by atoms with Gasteiger partial charge in [-0.15, -0.1) is 0 Å². The predicted octanol–water partition coefficient (Wildman–Crippen LogP) is -0.999. The molecule has 212 valence electrons. The number of rotatable bonds is 17. The molecule has 0 heterocycles. The number of aliphatic hydroxyl groups is 3. The van der Waals surface area contributed by atoms with E-state index < -0.39 is 72.5 Å². The third-order valence-electron chi connectivity index (χ3n) is 4.52. The van der Waals surface area contributed by atoms with Crippen LogP contribution < -0.4 is 0 Å². The van der Waals surface area contributed by atoms with Gasteiger partial charge in [-0.25, -0.2) is 28.8 Å². The quantitative estimate of drug-likeness (QED) is 0.0850. The van der Waals surface area contributed by atoms with E-state index in [1.54, 1.807) is 0 Å². The second-order valence-corrected chi connectivity index (χ2v) is 6.76. The van der Waals surface area contributed by atoms with Gasteiger partial charge in [-0.2, -0.15) is 0 Å². The summed E-state index contributed by atoms with van der Waals surface area (Å²) in [5, 5.41) is 31.7. The molecule has 1 unspecified atom stereocenters. The van der Waals surface area contributed by atoms with Gasteiger partial charge in [0.15, 0.2) is 5.41 Å². The second-order valence-electron chi connectivity index (χ2n) is 6.76. The summed E-state index contributed by atoms with van der Waals surface area (Å²) in [6.07, 6.45) is -0.508. The lowest BCUT2D eigenvalue weighted by molar-refractivity contribution is -0.481. The van der Waals surface area contributed by atoms with Gasteiger partial charge in [-0.3, -0.25) is 0 Å². The number of aliphatic hydroxyl groups excluding tert-OH is 3. The fourth-order valence-corrected chi connectivity index (χ4v) is 2.65. The SMILES string of the molecule is C=CC(=O)OC(O)C(CO)(CO)C(OC(=O)C=C)(OC(=O)C=C)C(OC(=O)C=C)(OC(=O)C=C)OC(=O)C=C. The van der Waals surface area contributed by atoms with Crippen LogP contribution in [-0.2, 0) is 57.2 Å². The Hall–Kier alpha value is -4.86. The van der Waals surface area contributed by atoms with E-state index in [4.69, 9.17) is 23.7 Å². The minimum Gasteiger partial charge on any atom is -0.432 e. The van der Waals surface area contributed by atoms with Crippen LogP contribution in [0.25, 0.3) is 0 Å². The summed E-state index contributed by atoms with van der Waals surface area (Å²) in [7, 11) is 0. The van der Waals surface area contributed by atoms with Gasteiger partial charge in [0, 0.05) is 36.5 Å². The van der Waals surface area contributed by atoms with Crippen LogP contribution in [0, 0.1) is 5.41 Å². The Morgan fingerprint density at radius 3 is 1.10 bits per heavy atom. The molecular weight excluding hydrogens is 528 g/mol. The number of hydrogen-bond donors (Lipinski definition) is 3. The third kappa shape index (κ3) is 7.35. The van der Waals surface area contributed by atoms with Crippen LogP contribution in [0.3, 0.4) is 0 Å². The topological polar surface area (TPSA) is 218 Å². The third-order valence-corrected chi connectivity index (χ3v) is 4.52. The van der Waals surface area contributed by atoms with E-state index in [9.17, 15) is 44.1 Å². The lowest BCUT2D eigenvalue weighted by Gasteiger charge is -2.51. The lowest BCUT2D eigenvalue weighted by Crippen LogP contribution is -2.76. The zero-order valence-electron chi connectivity index (χ0n) is 20.4. The molecule has 15 nitrogen and oxygen atoms in total. The molecule has 0 saturated carbocycles. The molecule has 0 aromatic heterocycles. The standard InChI is InChI=1S/C24H26O15/c1-7-15(27)34-21(33)22(13-25,14-26)23(35-16(28)8-2,36-17(29)9-3)24(37-18(30)10-4,38-19(31)11-5)39-20(32)12-6/h7-12,21,25-26,33H,1-6,13-14H2. The molecular formula is C24H26O15. The maximum absolute atomic E-state index is 12.6. The summed E-state index contributed by atoms with van der Waals surface area (Å²) in [4.78, 5) is 74.4. The van der Waals surface area contributed by atoms with Crippen LogP contribution in [0.1, 0.15) is 0 Å². The monoisotopic (exact) mass is 554 g/mol. The summed E-state index contributed by atoms with van der Waals surface area (Å²) in [5.74, 6) is -17.8. The van der Waals surface area contributed by atoms with Crippen molar-refractivity contribution in [2.24, 2.45) is 5.41 Å². The molecule has 0 aliphatic carbocycles. The largest absolute Gasteiger partial charge is 0.508 e. The molecule has 0 aliphatic heterocycles. The maximum atomic E-state index is 12.6. The molecule has 39 heavy (non-hydrogen) atoms. The summed E-state index contributed by atoms with van der Waals surface area (Å²) >= 11 is 0. The van der Waals surface area contributed by atoms with Crippen LogP contribution in [-0.4, -0.2) is 82.4 Å². The average molecular weight is 554 g/mol. The summed E-state index contributed by atoms with van der Waals surface area (Å²) < 4.78 is 29.5. The minimum absolute atomic E-state index is 0.378.